The lowest BCUT2D eigenvalue weighted by molar-refractivity contribution is -0.146. The third-order valence-corrected chi connectivity index (χ3v) is 1.23. The Labute approximate surface area is 85.0 Å². The first kappa shape index (κ1) is 15.4. The van der Waals surface area contributed by atoms with Crippen LogP contribution in [0.4, 0.5) is 0 Å². The van der Waals surface area contributed by atoms with Crippen molar-refractivity contribution in [3.8, 4) is 0 Å². The van der Waals surface area contributed by atoms with Crippen molar-refractivity contribution in [3.63, 3.8) is 0 Å². The fraction of sp³-hybridized carbons (Fsp3) is 0.778. The van der Waals surface area contributed by atoms with Gasteiger partial charge in [0.1, 0.15) is 0 Å². The number of rotatable bonds is 4. The van der Waals surface area contributed by atoms with Crippen LogP contribution in [0.5, 0.6) is 0 Å². The number of ether oxygens (including phenoxy) is 2. The van der Waals surface area contributed by atoms with Crippen molar-refractivity contribution in [1.29, 1.82) is 0 Å². The minimum absolute atomic E-state index is 0.153. The number of esters is 1. The number of hydrogen-bond acceptors (Lipinski definition) is 4. The summed E-state index contributed by atoms with van der Waals surface area (Å²) in [5.41, 5.74) is 0. The van der Waals surface area contributed by atoms with Gasteiger partial charge in [-0.05, 0) is 6.92 Å². The first-order chi connectivity index (χ1) is 6.49. The van der Waals surface area contributed by atoms with Crippen molar-refractivity contribution in [2.24, 2.45) is 5.92 Å². The molecule has 0 aromatic rings. The fourth-order valence-electron chi connectivity index (χ4n) is 0.519. The highest BCUT2D eigenvalue weighted by Gasteiger charge is 2.11. The SMILES string of the molecule is CN(C)C=O.COCC(C)C(=O)OC. The average molecular weight is 205 g/mol. The van der Waals surface area contributed by atoms with Crippen LogP contribution >= 0.6 is 0 Å². The molecule has 0 aliphatic rings. The molecule has 0 N–H and O–H groups in total. The molecule has 84 valence electrons. The van der Waals surface area contributed by atoms with Gasteiger partial charge in [-0.25, -0.2) is 0 Å². The number of hydrogen-bond donors (Lipinski definition) is 0. The molecule has 0 fully saturated rings. The molecule has 1 atom stereocenters. The van der Waals surface area contributed by atoms with E-state index in [1.54, 1.807) is 28.1 Å². The molecule has 0 aliphatic carbocycles. The molecule has 0 saturated heterocycles. The number of carbonyl (C=O) groups is 2. The highest BCUT2D eigenvalue weighted by atomic mass is 16.5. The van der Waals surface area contributed by atoms with Crippen LogP contribution in [0.3, 0.4) is 0 Å². The van der Waals surface area contributed by atoms with Crippen molar-refractivity contribution in [3.05, 3.63) is 0 Å². The van der Waals surface area contributed by atoms with Crippen LogP contribution in [-0.4, -0.2) is 52.2 Å². The van der Waals surface area contributed by atoms with Crippen LogP contribution in [0, 0.1) is 5.92 Å². The van der Waals surface area contributed by atoms with Gasteiger partial charge >= 0.3 is 5.97 Å². The third kappa shape index (κ3) is 10.9. The van der Waals surface area contributed by atoms with Crippen molar-refractivity contribution in [2.45, 2.75) is 6.92 Å². The molecule has 0 radical (unpaired) electrons. The van der Waals surface area contributed by atoms with Crippen molar-refractivity contribution in [2.75, 3.05) is 34.9 Å². The Morgan fingerprint density at radius 2 is 1.86 bits per heavy atom. The molecule has 0 spiro atoms. The van der Waals surface area contributed by atoms with Gasteiger partial charge in [0.15, 0.2) is 0 Å². The molecule has 0 saturated carbocycles. The Hall–Kier alpha value is -1.10. The molecule has 14 heavy (non-hydrogen) atoms. The van der Waals surface area contributed by atoms with Crippen LogP contribution in [-0.2, 0) is 19.1 Å². The second kappa shape index (κ2) is 9.98. The van der Waals surface area contributed by atoms with Gasteiger partial charge in [0, 0.05) is 21.2 Å². The van der Waals surface area contributed by atoms with Crippen LogP contribution in [0.25, 0.3) is 0 Å². The summed E-state index contributed by atoms with van der Waals surface area (Å²) < 4.78 is 9.17. The Morgan fingerprint density at radius 3 is 2.07 bits per heavy atom. The van der Waals surface area contributed by atoms with E-state index in [1.165, 1.54) is 12.0 Å². The van der Waals surface area contributed by atoms with Crippen molar-refractivity contribution in [1.82, 2.24) is 4.90 Å². The minimum Gasteiger partial charge on any atom is -0.469 e. The number of methoxy groups -OCH3 is 2. The summed E-state index contributed by atoms with van der Waals surface area (Å²) in [6.45, 7) is 2.18. The number of carbonyl (C=O) groups excluding carboxylic acids is 2. The molecule has 1 unspecified atom stereocenters. The van der Waals surface area contributed by atoms with Crippen molar-refractivity contribution < 1.29 is 19.1 Å². The van der Waals surface area contributed by atoms with Crippen LogP contribution < -0.4 is 0 Å². The maximum absolute atomic E-state index is 10.6. The van der Waals surface area contributed by atoms with E-state index in [9.17, 15) is 9.59 Å². The van der Waals surface area contributed by atoms with Crippen LogP contribution in [0.2, 0.25) is 0 Å². The Balaban J connectivity index is 0. The van der Waals surface area contributed by atoms with Crippen LogP contribution in [0.1, 0.15) is 6.92 Å². The summed E-state index contributed by atoms with van der Waals surface area (Å²) in [5.74, 6) is -0.378. The highest BCUT2D eigenvalue weighted by molar-refractivity contribution is 5.71. The van der Waals surface area contributed by atoms with Crippen molar-refractivity contribution >= 4 is 12.4 Å². The predicted molar refractivity (Wildman–Crippen MR) is 52.8 cm³/mol. The van der Waals surface area contributed by atoms with Gasteiger partial charge in [0.25, 0.3) is 0 Å². The van der Waals surface area contributed by atoms with E-state index >= 15 is 0 Å². The van der Waals surface area contributed by atoms with E-state index in [0.29, 0.717) is 6.61 Å². The van der Waals surface area contributed by atoms with E-state index in [1.807, 2.05) is 0 Å². The molecule has 5 nitrogen and oxygen atoms in total. The monoisotopic (exact) mass is 205 g/mol. The summed E-state index contributed by atoms with van der Waals surface area (Å²) in [6.07, 6.45) is 0.750. The molecule has 5 heteroatoms. The number of nitrogens with zero attached hydrogens (tertiary/aromatic N) is 1. The first-order valence-electron chi connectivity index (χ1n) is 4.18. The normalized spacial score (nSPS) is 10.6. The maximum atomic E-state index is 10.6. The largest absolute Gasteiger partial charge is 0.469 e. The summed E-state index contributed by atoms with van der Waals surface area (Å²) in [5, 5.41) is 0. The second-order valence-electron chi connectivity index (χ2n) is 2.95. The fourth-order valence-corrected chi connectivity index (χ4v) is 0.519. The highest BCUT2D eigenvalue weighted by Crippen LogP contribution is 1.96. The van der Waals surface area contributed by atoms with E-state index in [0.717, 1.165) is 6.41 Å². The predicted octanol–water partition coefficient (Wildman–Crippen LogP) is 0.146. The van der Waals surface area contributed by atoms with E-state index in [4.69, 9.17) is 4.74 Å². The molecule has 0 rings (SSSR count). The zero-order valence-corrected chi connectivity index (χ0v) is 9.44. The third-order valence-electron chi connectivity index (χ3n) is 1.23. The Bertz CT molecular complexity index is 159. The topological polar surface area (TPSA) is 55.8 Å². The molecule has 0 heterocycles. The van der Waals surface area contributed by atoms with E-state index in [2.05, 4.69) is 4.74 Å². The first-order valence-corrected chi connectivity index (χ1v) is 4.18. The van der Waals surface area contributed by atoms with Gasteiger partial charge < -0.3 is 14.4 Å². The van der Waals surface area contributed by atoms with Gasteiger partial charge in [-0.1, -0.05) is 0 Å². The zero-order chi connectivity index (χ0) is 11.6. The zero-order valence-electron chi connectivity index (χ0n) is 9.44. The molecule has 1 amide bonds. The Morgan fingerprint density at radius 1 is 1.43 bits per heavy atom. The van der Waals surface area contributed by atoms with Gasteiger partial charge in [-0.15, -0.1) is 0 Å². The van der Waals surface area contributed by atoms with Gasteiger partial charge in [-0.2, -0.15) is 0 Å². The molecular formula is C9H19NO4. The summed E-state index contributed by atoms with van der Waals surface area (Å²) in [4.78, 5) is 21.5. The van der Waals surface area contributed by atoms with Crippen LogP contribution in [0.15, 0.2) is 0 Å². The lowest BCUT2D eigenvalue weighted by Crippen LogP contribution is -2.17. The molecule has 0 aromatic carbocycles. The van der Waals surface area contributed by atoms with Gasteiger partial charge in [-0.3, -0.25) is 9.59 Å². The summed E-state index contributed by atoms with van der Waals surface area (Å²) in [7, 11) is 6.30. The van der Waals surface area contributed by atoms with Gasteiger partial charge in [0.05, 0.1) is 19.6 Å². The van der Waals surface area contributed by atoms with E-state index in [-0.39, 0.29) is 11.9 Å². The van der Waals surface area contributed by atoms with E-state index < -0.39 is 0 Å². The standard InChI is InChI=1S/C6H12O3.C3H7NO/c1-5(4-8-2)6(7)9-3;1-4(2)3-5/h5H,4H2,1-3H3;3H,1-2H3. The Kier molecular flexibility index (Phi) is 11.0. The second-order valence-corrected chi connectivity index (χ2v) is 2.95. The smallest absolute Gasteiger partial charge is 0.310 e. The molecular weight excluding hydrogens is 186 g/mol. The summed E-state index contributed by atoms with van der Waals surface area (Å²) in [6, 6.07) is 0. The van der Waals surface area contributed by atoms with Gasteiger partial charge in [0.2, 0.25) is 6.41 Å². The maximum Gasteiger partial charge on any atom is 0.310 e. The summed E-state index contributed by atoms with van der Waals surface area (Å²) >= 11 is 0. The minimum atomic E-state index is -0.225. The molecule has 0 bridgehead atoms. The quantitative estimate of drug-likeness (QED) is 0.484. The molecule has 0 aromatic heterocycles. The number of amides is 1. The average Bonchev–Trinajstić information content (AvgIpc) is 2.17. The lowest BCUT2D eigenvalue weighted by atomic mass is 10.2. The molecule has 0 aliphatic heterocycles. The lowest BCUT2D eigenvalue weighted by Gasteiger charge is -2.05.